The molecule has 2 aliphatic rings. The maximum Gasteiger partial charge on any atom is 0.184 e. The second-order valence-corrected chi connectivity index (χ2v) is 18.6. The second-order valence-electron chi connectivity index (χ2n) is 8.62. The highest BCUT2D eigenvalue weighted by molar-refractivity contribution is 6.81. The van der Waals surface area contributed by atoms with Gasteiger partial charge in [0.15, 0.2) is 8.32 Å². The second kappa shape index (κ2) is 6.71. The maximum atomic E-state index is 6.64. The lowest BCUT2D eigenvalue weighted by Crippen LogP contribution is -2.51. The lowest BCUT2D eigenvalue weighted by molar-refractivity contribution is -0.00177. The van der Waals surface area contributed by atoms with Gasteiger partial charge in [-0.15, -0.1) is 0 Å². The smallest absolute Gasteiger partial charge is 0.184 e. The van der Waals surface area contributed by atoms with Crippen LogP contribution in [-0.4, -0.2) is 28.6 Å². The molecule has 134 valence electrons. The average molecular weight is 363 g/mol. The highest BCUT2D eigenvalue weighted by Gasteiger charge is 2.54. The van der Waals surface area contributed by atoms with Crippen LogP contribution in [0.2, 0.25) is 37.8 Å². The Morgan fingerprint density at radius 3 is 2.12 bits per heavy atom. The van der Waals surface area contributed by atoms with E-state index in [1.54, 1.807) is 5.56 Å². The van der Waals surface area contributed by atoms with E-state index in [9.17, 15) is 0 Å². The first-order valence-electron chi connectivity index (χ1n) is 9.77. The minimum atomic E-state index is -1.57. The van der Waals surface area contributed by atoms with Crippen LogP contribution in [0.15, 0.2) is 24.3 Å². The zero-order valence-corrected chi connectivity index (χ0v) is 18.3. The van der Waals surface area contributed by atoms with E-state index in [-0.39, 0.29) is 18.3 Å². The van der Waals surface area contributed by atoms with Crippen molar-refractivity contribution in [3.05, 3.63) is 35.4 Å². The predicted molar refractivity (Wildman–Crippen MR) is 107 cm³/mol. The summed E-state index contributed by atoms with van der Waals surface area (Å²) >= 11 is 0. The van der Waals surface area contributed by atoms with Crippen LogP contribution < -0.4 is 0 Å². The Kier molecular flexibility index (Phi) is 5.13. The van der Waals surface area contributed by atoms with Crippen molar-refractivity contribution >= 4 is 16.4 Å². The Bertz CT molecular complexity index is 569. The molecule has 0 N–H and O–H groups in total. The van der Waals surface area contributed by atoms with E-state index >= 15 is 0 Å². The molecule has 2 bridgehead atoms. The summed E-state index contributed by atoms with van der Waals surface area (Å²) in [4.78, 5) is 0. The summed E-state index contributed by atoms with van der Waals surface area (Å²) in [7, 11) is -3.00. The van der Waals surface area contributed by atoms with Gasteiger partial charge < -0.3 is 9.16 Å². The van der Waals surface area contributed by atoms with Crippen molar-refractivity contribution in [2.24, 2.45) is 0 Å². The molecule has 2 nitrogen and oxygen atoms in total. The Balaban J connectivity index is 2.06. The molecule has 0 amide bonds. The summed E-state index contributed by atoms with van der Waals surface area (Å²) in [6.45, 7) is 14.2. The molecule has 1 aromatic carbocycles. The quantitative estimate of drug-likeness (QED) is 0.588. The normalized spacial score (nSPS) is 29.6. The Labute approximate surface area is 150 Å². The van der Waals surface area contributed by atoms with Crippen molar-refractivity contribution in [1.29, 1.82) is 0 Å². The SMILES string of the molecule is CC[Si](CC)(CC)[C@H]1c2ccccc2[C@@H]2C[C@H](O[Si](C)(C)C)[C@H]1O2. The zero-order chi connectivity index (χ0) is 17.5. The average Bonchev–Trinajstić information content (AvgIpc) is 2.89. The van der Waals surface area contributed by atoms with Gasteiger partial charge in [-0.05, 0) is 30.8 Å². The van der Waals surface area contributed by atoms with Gasteiger partial charge in [-0.2, -0.15) is 0 Å². The molecule has 3 rings (SSSR count). The number of hydrogen-bond acceptors (Lipinski definition) is 2. The third-order valence-corrected chi connectivity index (χ3v) is 13.6. The Morgan fingerprint density at radius 1 is 1.00 bits per heavy atom. The van der Waals surface area contributed by atoms with E-state index in [1.807, 2.05) is 0 Å². The topological polar surface area (TPSA) is 18.5 Å². The van der Waals surface area contributed by atoms with E-state index in [4.69, 9.17) is 9.16 Å². The van der Waals surface area contributed by atoms with E-state index in [2.05, 4.69) is 64.7 Å². The van der Waals surface area contributed by atoms with Crippen molar-refractivity contribution < 1.29 is 9.16 Å². The molecular formula is C20H34O2Si2. The predicted octanol–water partition coefficient (Wildman–Crippen LogP) is 5.88. The molecule has 4 atom stereocenters. The number of rotatable bonds is 6. The molecule has 1 aromatic rings. The fourth-order valence-electron chi connectivity index (χ4n) is 5.09. The van der Waals surface area contributed by atoms with Crippen LogP contribution in [0.25, 0.3) is 0 Å². The summed E-state index contributed by atoms with van der Waals surface area (Å²) in [5.74, 6) is 0. The van der Waals surface area contributed by atoms with Gasteiger partial charge >= 0.3 is 0 Å². The van der Waals surface area contributed by atoms with Crippen LogP contribution in [0, 0.1) is 0 Å². The standard InChI is InChI=1S/C20H34O2Si2/c1-7-24(8-2,9-3)20-16-13-11-10-12-15(16)17-14-18(19(20)21-17)22-23(4,5)6/h10-13,17-20H,7-9,14H2,1-6H3/t17-,18-,19+,20-/m0/s1. The van der Waals surface area contributed by atoms with Gasteiger partial charge in [-0.25, -0.2) is 0 Å². The fraction of sp³-hybridized carbons (Fsp3) is 0.700. The molecule has 0 unspecified atom stereocenters. The molecule has 1 fully saturated rings. The van der Waals surface area contributed by atoms with Crippen molar-refractivity contribution in [3.8, 4) is 0 Å². The monoisotopic (exact) mass is 362 g/mol. The van der Waals surface area contributed by atoms with Gasteiger partial charge in [0.05, 0.1) is 26.4 Å². The summed E-state index contributed by atoms with van der Waals surface area (Å²) in [6.07, 6.45) is 1.86. The molecule has 2 heterocycles. The van der Waals surface area contributed by atoms with Crippen molar-refractivity contribution in [1.82, 2.24) is 0 Å². The van der Waals surface area contributed by atoms with E-state index in [0.29, 0.717) is 5.54 Å². The summed E-state index contributed by atoms with van der Waals surface area (Å²) in [5, 5.41) is 0. The highest BCUT2D eigenvalue weighted by Crippen LogP contribution is 2.53. The first-order chi connectivity index (χ1) is 11.3. The van der Waals surface area contributed by atoms with Gasteiger partial charge in [-0.1, -0.05) is 63.2 Å². The Hall–Kier alpha value is -0.426. The van der Waals surface area contributed by atoms with Crippen LogP contribution in [0.3, 0.4) is 0 Å². The van der Waals surface area contributed by atoms with Crippen LogP contribution in [0.4, 0.5) is 0 Å². The third-order valence-electron chi connectivity index (χ3n) is 6.42. The van der Waals surface area contributed by atoms with Gasteiger partial charge in [-0.3, -0.25) is 0 Å². The van der Waals surface area contributed by atoms with E-state index in [1.165, 1.54) is 23.7 Å². The summed E-state index contributed by atoms with van der Waals surface area (Å²) < 4.78 is 13.3. The highest BCUT2D eigenvalue weighted by atomic mass is 28.4. The largest absolute Gasteiger partial charge is 0.412 e. The first-order valence-corrected chi connectivity index (χ1v) is 15.9. The number of fused-ring (bicyclic) bond motifs is 4. The number of benzene rings is 1. The lowest BCUT2D eigenvalue weighted by Gasteiger charge is -2.45. The molecule has 2 aliphatic heterocycles. The minimum Gasteiger partial charge on any atom is -0.412 e. The number of hydrogen-bond donors (Lipinski definition) is 0. The zero-order valence-electron chi connectivity index (χ0n) is 16.3. The Morgan fingerprint density at radius 2 is 1.58 bits per heavy atom. The van der Waals surface area contributed by atoms with Gasteiger partial charge in [0, 0.05) is 12.0 Å². The first kappa shape index (κ1) is 18.4. The molecular weight excluding hydrogens is 328 g/mol. The third kappa shape index (κ3) is 3.07. The van der Waals surface area contributed by atoms with Crippen molar-refractivity contribution in [3.63, 3.8) is 0 Å². The van der Waals surface area contributed by atoms with Crippen LogP contribution in [0.1, 0.15) is 50.0 Å². The maximum absolute atomic E-state index is 6.64. The lowest BCUT2D eigenvalue weighted by atomic mass is 9.98. The van der Waals surface area contributed by atoms with Crippen LogP contribution in [0.5, 0.6) is 0 Å². The van der Waals surface area contributed by atoms with Crippen molar-refractivity contribution in [2.45, 2.75) is 88.8 Å². The molecule has 4 heteroatoms. The van der Waals surface area contributed by atoms with Gasteiger partial charge in [0.1, 0.15) is 0 Å². The molecule has 0 spiro atoms. The molecule has 0 aliphatic carbocycles. The van der Waals surface area contributed by atoms with Crippen LogP contribution in [-0.2, 0) is 9.16 Å². The summed E-state index contributed by atoms with van der Waals surface area (Å²) in [6, 6.07) is 13.1. The summed E-state index contributed by atoms with van der Waals surface area (Å²) in [5.41, 5.74) is 3.64. The van der Waals surface area contributed by atoms with E-state index in [0.717, 1.165) is 6.42 Å². The van der Waals surface area contributed by atoms with Crippen LogP contribution >= 0.6 is 0 Å². The minimum absolute atomic E-state index is 0.251. The molecule has 1 saturated heterocycles. The molecule has 24 heavy (non-hydrogen) atoms. The number of ether oxygens (including phenoxy) is 1. The molecule has 0 aromatic heterocycles. The fourth-order valence-corrected chi connectivity index (χ4v) is 11.0. The molecule has 0 saturated carbocycles. The van der Waals surface area contributed by atoms with Gasteiger partial charge in [0.25, 0.3) is 0 Å². The van der Waals surface area contributed by atoms with Crippen molar-refractivity contribution in [2.75, 3.05) is 0 Å². The van der Waals surface area contributed by atoms with Gasteiger partial charge in [0.2, 0.25) is 0 Å². The molecule has 0 radical (unpaired) electrons. The van der Waals surface area contributed by atoms with E-state index < -0.39 is 16.4 Å².